The van der Waals surface area contributed by atoms with Crippen molar-refractivity contribution in [3.63, 3.8) is 0 Å². The van der Waals surface area contributed by atoms with Crippen molar-refractivity contribution in [2.75, 3.05) is 102 Å². The van der Waals surface area contributed by atoms with Gasteiger partial charge in [-0.05, 0) is 232 Å². The number of aryl methyl sites for hydroxylation is 4. The second-order valence-corrected chi connectivity index (χ2v) is 38.7. The predicted octanol–water partition coefficient (Wildman–Crippen LogP) is 14.1. The molecule has 32 nitrogen and oxygen atoms in total. The first kappa shape index (κ1) is 88.6. The molecular weight excluding hydrogens is 2040 g/mol. The van der Waals surface area contributed by atoms with Gasteiger partial charge in [-0.15, -0.1) is 0 Å². The number of nitrogens with one attached hydrogen (secondary N) is 4. The number of ether oxygens (including phenoxy) is 8. The van der Waals surface area contributed by atoms with Crippen LogP contribution in [-0.4, -0.2) is 180 Å². The number of rotatable bonds is 26. The summed E-state index contributed by atoms with van der Waals surface area (Å²) >= 11 is 15.6. The number of hydrogen-bond donors (Lipinski definition) is 8. The number of nitrogens with zero attached hydrogens (tertiary/aromatic N) is 16. The number of imidazole rings is 4. The maximum atomic E-state index is 6.08. The van der Waals surface area contributed by atoms with Gasteiger partial charge >= 0.3 is 0 Å². The Labute approximate surface area is 755 Å². The number of nitrogen functional groups attached to an aromatic ring is 4. The van der Waals surface area contributed by atoms with Crippen LogP contribution >= 0.6 is 137 Å². The van der Waals surface area contributed by atoms with E-state index in [1.165, 1.54) is 25.3 Å². The Morgan fingerprint density at radius 1 is 0.364 bits per heavy atom. The number of anilines is 4. The molecule has 118 heavy (non-hydrogen) atoms. The highest BCUT2D eigenvalue weighted by atomic mass is 131. The van der Waals surface area contributed by atoms with E-state index in [-0.39, 0.29) is 11.1 Å². The van der Waals surface area contributed by atoms with Crippen LogP contribution in [0, 0.1) is 14.3 Å². The van der Waals surface area contributed by atoms with Gasteiger partial charge in [-0.3, -0.25) is 0 Å². The van der Waals surface area contributed by atoms with Crippen molar-refractivity contribution in [2.24, 2.45) is 0 Å². The molecule has 628 valence electrons. The summed E-state index contributed by atoms with van der Waals surface area (Å²) in [4.78, 5) is 57.4. The molecule has 12 heterocycles. The Morgan fingerprint density at radius 2 is 0.602 bits per heavy atom. The van der Waals surface area contributed by atoms with Crippen molar-refractivity contribution in [1.29, 1.82) is 0 Å². The van der Waals surface area contributed by atoms with E-state index in [9.17, 15) is 0 Å². The van der Waals surface area contributed by atoms with Gasteiger partial charge in [0.05, 0.1) is 0 Å². The lowest BCUT2D eigenvalue weighted by Gasteiger charge is -2.21. The molecule has 4 aliphatic heterocycles. The highest BCUT2D eigenvalue weighted by Crippen LogP contribution is 2.46. The first-order valence-corrected chi connectivity index (χ1v) is 46.2. The molecule has 0 unspecified atom stereocenters. The smallest absolute Gasteiger partial charge is 0.175 e. The largest absolute Gasteiger partial charge is 0.486 e. The average Bonchev–Trinajstić information content (AvgIpc) is 1.62. The van der Waals surface area contributed by atoms with E-state index in [0.29, 0.717) is 110 Å². The molecular formula is C78H96I4N24O8S4. The van der Waals surface area contributed by atoms with Crippen LogP contribution in [0.15, 0.2) is 114 Å². The molecule has 12 N–H and O–H groups in total. The third-order valence-corrected chi connectivity index (χ3v) is 27.2. The topological polar surface area (TPSA) is 400 Å². The maximum Gasteiger partial charge on any atom is 0.175 e. The van der Waals surface area contributed by atoms with Crippen molar-refractivity contribution in [3.05, 3.63) is 88.1 Å². The fraction of sp³-hybridized carbons (Fsp3) is 0.436. The van der Waals surface area contributed by atoms with Gasteiger partial charge in [-0.2, -0.15) is 0 Å². The molecule has 4 aliphatic rings. The van der Waals surface area contributed by atoms with Crippen LogP contribution in [-0.2, 0) is 26.2 Å². The molecule has 0 saturated carbocycles. The minimum absolute atomic E-state index is 0.0858. The van der Waals surface area contributed by atoms with Crippen molar-refractivity contribution >= 4 is 205 Å². The molecule has 0 radical (unpaired) electrons. The third kappa shape index (κ3) is 23.0. The second-order valence-electron chi connectivity index (χ2n) is 30.0. The molecule has 12 aromatic rings. The lowest BCUT2D eigenvalue weighted by molar-refractivity contribution is 0.171. The van der Waals surface area contributed by atoms with Crippen LogP contribution in [0.4, 0.5) is 23.3 Å². The molecule has 0 amide bonds. The first-order chi connectivity index (χ1) is 56.7. The zero-order valence-electron chi connectivity index (χ0n) is 67.1. The molecule has 0 atom stereocenters. The van der Waals surface area contributed by atoms with E-state index >= 15 is 0 Å². The van der Waals surface area contributed by atoms with Gasteiger partial charge in [0.15, 0.2) is 135 Å². The van der Waals surface area contributed by atoms with Gasteiger partial charge in [0.1, 0.15) is 78.2 Å². The standard InChI is InChI=1S/2C20H25IN6O2S.2C19H23IN6O2S/c2*1-20(2,3)25-5-4-6-27-18-16(17(22)23-11-24-18)26-19(27)30-15-10-14-13(9-12(15)21)28-7-8-29-14;2*1-11(2)22-4-3-5-26-18-16(17(21)23-10-24-18)25-19(26)29-15-9-14-13(8-12(15)20)27-6-7-28-14/h2*9-11,25H,4-8H2,1-3H3,(H2,22,23,24);2*8-11,22H,3-7H2,1-2H3,(H2,21,23,24)/i21+4;21-3;20+4;20-3. The first-order valence-electron chi connectivity index (χ1n) is 38.6. The number of fused-ring (bicyclic) bond motifs is 8. The second kappa shape index (κ2) is 40.7. The zero-order valence-corrected chi connectivity index (χ0v) is 79.0. The number of benzene rings is 4. The van der Waals surface area contributed by atoms with E-state index in [0.717, 1.165) is 201 Å². The minimum atomic E-state index is 0.0858. The van der Waals surface area contributed by atoms with E-state index in [1.807, 2.05) is 48.5 Å². The summed E-state index contributed by atoms with van der Waals surface area (Å²) in [5.41, 5.74) is 30.0. The van der Waals surface area contributed by atoms with Crippen LogP contribution in [0.5, 0.6) is 46.0 Å². The number of halogens is 4. The summed E-state index contributed by atoms with van der Waals surface area (Å²) in [6.45, 7) is 32.9. The molecule has 16 rings (SSSR count). The number of aromatic nitrogens is 16. The average molecular weight is 2140 g/mol. The van der Waals surface area contributed by atoms with E-state index in [1.54, 1.807) is 47.0 Å². The molecule has 4 aromatic carbocycles. The van der Waals surface area contributed by atoms with Gasteiger partial charge in [0, 0.05) is 83.2 Å². The molecule has 40 heteroatoms. The highest BCUT2D eigenvalue weighted by molar-refractivity contribution is 14.1. The Kier molecular flexibility index (Phi) is 30.6. The molecule has 0 saturated heterocycles. The fourth-order valence-corrected chi connectivity index (χ4v) is 19.2. The van der Waals surface area contributed by atoms with Crippen LogP contribution in [0.2, 0.25) is 0 Å². The monoisotopic (exact) mass is 2130 g/mol. The lowest BCUT2D eigenvalue weighted by Crippen LogP contribution is -2.36. The van der Waals surface area contributed by atoms with Crippen molar-refractivity contribution in [1.82, 2.24) is 99.3 Å². The normalized spacial score (nSPS) is 13.6. The SMILES string of the molecule is CC(C)(C)NCCCn1c(Sc2cc3c(cc2[124I])OCCO3)nc2c(N)ncnc21.CC(C)(C)NCCCn1c(Sc2cc3c(cc2[131I])OCCO3)nc2c(N)ncnc21.CC(C)NCCCn1c(Sc2cc3c(cc2[124I])OCCO3)nc2c(N)ncnc21.CC(C)NCCCn1c(Sc2cc3c(cc2[131I])OCCO3)nc2c(N)ncnc21. The number of nitrogens with two attached hydrogens (primary N) is 4. The third-order valence-electron chi connectivity index (χ3n) is 17.9. The summed E-state index contributed by atoms with van der Waals surface area (Å²) in [5.74, 6) is 7.78. The van der Waals surface area contributed by atoms with Gasteiger partial charge < -0.3 is 100 Å². The number of hydrogen-bond acceptors (Lipinski definition) is 32. The van der Waals surface area contributed by atoms with Gasteiger partial charge in [-0.1, -0.05) is 74.7 Å². The van der Waals surface area contributed by atoms with Crippen LogP contribution in [0.25, 0.3) is 44.7 Å². The summed E-state index contributed by atoms with van der Waals surface area (Å²) in [7, 11) is 0. The van der Waals surface area contributed by atoms with Gasteiger partial charge in [0.2, 0.25) is 0 Å². The summed E-state index contributed by atoms with van der Waals surface area (Å²) in [6.07, 6.45) is 9.77. The van der Waals surface area contributed by atoms with Crippen LogP contribution in [0.1, 0.15) is 94.9 Å². The van der Waals surface area contributed by atoms with Crippen LogP contribution < -0.4 is 82.1 Å². The fourth-order valence-electron chi connectivity index (χ4n) is 12.4. The van der Waals surface area contributed by atoms with Crippen molar-refractivity contribution < 1.29 is 37.9 Å². The predicted molar refractivity (Wildman–Crippen MR) is 496 cm³/mol. The molecule has 0 aliphatic carbocycles. The van der Waals surface area contributed by atoms with Crippen molar-refractivity contribution in [3.8, 4) is 46.0 Å². The van der Waals surface area contributed by atoms with E-state index < -0.39 is 0 Å². The Balaban J connectivity index is 0.000000136. The Morgan fingerprint density at radius 3 is 0.864 bits per heavy atom. The molecule has 0 spiro atoms. The minimum Gasteiger partial charge on any atom is -0.486 e. The summed E-state index contributed by atoms with van der Waals surface area (Å²) < 4.78 is 58.5. The Bertz CT molecular complexity index is 5180. The van der Waals surface area contributed by atoms with Crippen LogP contribution in [0.3, 0.4) is 0 Å². The van der Waals surface area contributed by atoms with Gasteiger partial charge in [-0.25, -0.2) is 59.8 Å². The maximum absolute atomic E-state index is 6.08. The molecule has 8 aromatic heterocycles. The quantitative estimate of drug-likeness (QED) is 0.0184. The molecule has 0 bridgehead atoms. The summed E-state index contributed by atoms with van der Waals surface area (Å²) in [6, 6.07) is 17.0. The lowest BCUT2D eigenvalue weighted by atomic mass is 10.1. The van der Waals surface area contributed by atoms with Gasteiger partial charge in [0.25, 0.3) is 0 Å². The molecule has 0 fully saturated rings. The highest BCUT2D eigenvalue weighted by Gasteiger charge is 2.27. The van der Waals surface area contributed by atoms with E-state index in [2.05, 4.69) is 239 Å². The summed E-state index contributed by atoms with van der Waals surface area (Å²) in [5, 5.41) is 17.3. The van der Waals surface area contributed by atoms with Crippen molar-refractivity contribution in [2.45, 2.75) is 184 Å². The zero-order chi connectivity index (χ0) is 83.4. The Hall–Kier alpha value is -7.16. The van der Waals surface area contributed by atoms with E-state index in [4.69, 9.17) is 80.8 Å².